The SMILES string of the molecule is CCCCS(=O)(=O)N1CCN(CC(C)(C)C)CC1. The van der Waals surface area contributed by atoms with Crippen molar-refractivity contribution in [3.05, 3.63) is 0 Å². The molecular weight excluding hydrogens is 248 g/mol. The van der Waals surface area contributed by atoms with Crippen molar-refractivity contribution >= 4 is 10.0 Å². The largest absolute Gasteiger partial charge is 0.300 e. The summed E-state index contributed by atoms with van der Waals surface area (Å²) in [6.45, 7) is 12.8. The zero-order valence-corrected chi connectivity index (χ0v) is 13.1. The number of hydrogen-bond acceptors (Lipinski definition) is 3. The normalized spacial score (nSPS) is 20.2. The molecule has 5 heteroatoms. The van der Waals surface area contributed by atoms with Gasteiger partial charge in [-0.25, -0.2) is 8.42 Å². The van der Waals surface area contributed by atoms with E-state index < -0.39 is 10.0 Å². The molecular formula is C13H28N2O2S. The molecule has 1 fully saturated rings. The van der Waals surface area contributed by atoms with Crippen molar-refractivity contribution in [2.45, 2.75) is 40.5 Å². The molecule has 0 aromatic rings. The summed E-state index contributed by atoms with van der Waals surface area (Å²) in [5.74, 6) is 0.308. The lowest BCUT2D eigenvalue weighted by molar-refractivity contribution is 0.141. The van der Waals surface area contributed by atoms with Crippen LogP contribution in [0.25, 0.3) is 0 Å². The predicted octanol–water partition coefficient (Wildman–Crippen LogP) is 1.78. The number of nitrogens with zero attached hydrogens (tertiary/aromatic N) is 2. The number of hydrogen-bond donors (Lipinski definition) is 0. The van der Waals surface area contributed by atoms with E-state index in [0.29, 0.717) is 18.8 Å². The summed E-state index contributed by atoms with van der Waals surface area (Å²) in [6, 6.07) is 0. The first-order valence-electron chi connectivity index (χ1n) is 6.95. The van der Waals surface area contributed by atoms with E-state index in [-0.39, 0.29) is 5.41 Å². The molecule has 1 rings (SSSR count). The van der Waals surface area contributed by atoms with Gasteiger partial charge < -0.3 is 4.90 Å². The van der Waals surface area contributed by atoms with E-state index >= 15 is 0 Å². The van der Waals surface area contributed by atoms with Gasteiger partial charge in [-0.1, -0.05) is 34.1 Å². The second kappa shape index (κ2) is 6.35. The monoisotopic (exact) mass is 276 g/mol. The number of piperazine rings is 1. The average molecular weight is 276 g/mol. The third kappa shape index (κ3) is 5.24. The van der Waals surface area contributed by atoms with Crippen LogP contribution in [0.3, 0.4) is 0 Å². The van der Waals surface area contributed by atoms with Crippen LogP contribution < -0.4 is 0 Å². The van der Waals surface area contributed by atoms with Crippen LogP contribution in [0, 0.1) is 5.41 Å². The zero-order chi connectivity index (χ0) is 13.8. The van der Waals surface area contributed by atoms with Gasteiger partial charge in [-0.05, 0) is 11.8 Å². The van der Waals surface area contributed by atoms with Crippen molar-refractivity contribution in [2.24, 2.45) is 5.41 Å². The van der Waals surface area contributed by atoms with Gasteiger partial charge in [-0.15, -0.1) is 0 Å². The molecule has 1 saturated heterocycles. The van der Waals surface area contributed by atoms with Gasteiger partial charge in [0.2, 0.25) is 10.0 Å². The lowest BCUT2D eigenvalue weighted by Gasteiger charge is -2.37. The Morgan fingerprint density at radius 3 is 2.06 bits per heavy atom. The standard InChI is InChI=1S/C13H28N2O2S/c1-5-6-11-18(16,17)15-9-7-14(8-10-15)12-13(2,3)4/h5-12H2,1-4H3. The van der Waals surface area contributed by atoms with Gasteiger partial charge in [0.05, 0.1) is 5.75 Å². The fraction of sp³-hybridized carbons (Fsp3) is 1.00. The van der Waals surface area contributed by atoms with Crippen LogP contribution in [-0.2, 0) is 10.0 Å². The fourth-order valence-corrected chi connectivity index (χ4v) is 3.92. The lowest BCUT2D eigenvalue weighted by Crippen LogP contribution is -2.50. The van der Waals surface area contributed by atoms with E-state index in [1.165, 1.54) is 0 Å². The van der Waals surface area contributed by atoms with E-state index in [1.807, 2.05) is 6.92 Å². The van der Waals surface area contributed by atoms with Crippen molar-refractivity contribution in [1.82, 2.24) is 9.21 Å². The van der Waals surface area contributed by atoms with Gasteiger partial charge in [0.25, 0.3) is 0 Å². The third-order valence-corrected chi connectivity index (χ3v) is 5.13. The van der Waals surface area contributed by atoms with Crippen LogP contribution in [0.15, 0.2) is 0 Å². The Kier molecular flexibility index (Phi) is 5.62. The lowest BCUT2D eigenvalue weighted by atomic mass is 9.96. The van der Waals surface area contributed by atoms with Crippen LogP contribution >= 0.6 is 0 Å². The minimum absolute atomic E-state index is 0.281. The Labute approximate surface area is 112 Å². The van der Waals surface area contributed by atoms with E-state index in [4.69, 9.17) is 0 Å². The average Bonchev–Trinajstić information content (AvgIpc) is 2.25. The molecule has 1 heterocycles. The van der Waals surface area contributed by atoms with Crippen molar-refractivity contribution in [1.29, 1.82) is 0 Å². The minimum atomic E-state index is -3.01. The molecule has 0 spiro atoms. The molecule has 4 nitrogen and oxygen atoms in total. The number of rotatable bonds is 5. The molecule has 0 atom stereocenters. The van der Waals surface area contributed by atoms with Crippen LogP contribution in [-0.4, -0.2) is 56.1 Å². The van der Waals surface area contributed by atoms with E-state index in [9.17, 15) is 8.42 Å². The molecule has 0 aromatic carbocycles. The molecule has 0 radical (unpaired) electrons. The van der Waals surface area contributed by atoms with Crippen molar-refractivity contribution in [2.75, 3.05) is 38.5 Å². The Hall–Kier alpha value is -0.130. The van der Waals surface area contributed by atoms with E-state index in [1.54, 1.807) is 4.31 Å². The fourth-order valence-electron chi connectivity index (χ4n) is 2.29. The maximum atomic E-state index is 12.0. The minimum Gasteiger partial charge on any atom is -0.300 e. The summed E-state index contributed by atoms with van der Waals surface area (Å²) in [5.41, 5.74) is 0.281. The number of unbranched alkanes of at least 4 members (excludes halogenated alkanes) is 1. The van der Waals surface area contributed by atoms with Crippen molar-refractivity contribution in [3.63, 3.8) is 0 Å². The van der Waals surface area contributed by atoms with Crippen molar-refractivity contribution in [3.8, 4) is 0 Å². The summed E-state index contributed by atoms with van der Waals surface area (Å²) in [6.07, 6.45) is 1.70. The molecule has 0 N–H and O–H groups in total. The van der Waals surface area contributed by atoms with Crippen LogP contribution in [0.1, 0.15) is 40.5 Å². The third-order valence-electron chi connectivity index (χ3n) is 3.18. The van der Waals surface area contributed by atoms with E-state index in [2.05, 4.69) is 25.7 Å². The van der Waals surface area contributed by atoms with Crippen molar-refractivity contribution < 1.29 is 8.42 Å². The molecule has 18 heavy (non-hydrogen) atoms. The second-order valence-electron chi connectivity index (χ2n) is 6.41. The van der Waals surface area contributed by atoms with Gasteiger partial charge in [0.1, 0.15) is 0 Å². The Morgan fingerprint density at radius 1 is 1.06 bits per heavy atom. The quantitative estimate of drug-likeness (QED) is 0.768. The van der Waals surface area contributed by atoms with Crippen LogP contribution in [0.5, 0.6) is 0 Å². The highest BCUT2D eigenvalue weighted by Crippen LogP contribution is 2.17. The Bertz CT molecular complexity index is 338. The molecule has 108 valence electrons. The van der Waals surface area contributed by atoms with Gasteiger partial charge in [0.15, 0.2) is 0 Å². The first-order chi connectivity index (χ1) is 8.24. The smallest absolute Gasteiger partial charge is 0.214 e. The maximum Gasteiger partial charge on any atom is 0.214 e. The van der Waals surface area contributed by atoms with Crippen LogP contribution in [0.2, 0.25) is 0 Å². The highest BCUT2D eigenvalue weighted by atomic mass is 32.2. The topological polar surface area (TPSA) is 40.6 Å². The number of sulfonamides is 1. The Morgan fingerprint density at radius 2 is 1.61 bits per heavy atom. The molecule has 1 aliphatic rings. The molecule has 0 aromatic heterocycles. The van der Waals surface area contributed by atoms with Gasteiger partial charge in [-0.2, -0.15) is 4.31 Å². The van der Waals surface area contributed by atoms with Gasteiger partial charge >= 0.3 is 0 Å². The maximum absolute atomic E-state index is 12.0. The Balaban J connectivity index is 2.44. The van der Waals surface area contributed by atoms with E-state index in [0.717, 1.165) is 32.5 Å². The molecule has 0 amide bonds. The summed E-state index contributed by atoms with van der Waals surface area (Å²) in [4.78, 5) is 2.37. The van der Waals surface area contributed by atoms with Gasteiger partial charge in [-0.3, -0.25) is 0 Å². The molecule has 0 saturated carbocycles. The first kappa shape index (κ1) is 15.9. The summed E-state index contributed by atoms with van der Waals surface area (Å²) >= 11 is 0. The molecule has 1 aliphatic heterocycles. The highest BCUT2D eigenvalue weighted by Gasteiger charge is 2.27. The van der Waals surface area contributed by atoms with Gasteiger partial charge in [0, 0.05) is 32.7 Å². The summed E-state index contributed by atoms with van der Waals surface area (Å²) in [7, 11) is -3.01. The highest BCUT2D eigenvalue weighted by molar-refractivity contribution is 7.89. The summed E-state index contributed by atoms with van der Waals surface area (Å²) < 4.78 is 25.8. The summed E-state index contributed by atoms with van der Waals surface area (Å²) in [5, 5.41) is 0. The van der Waals surface area contributed by atoms with Crippen LogP contribution in [0.4, 0.5) is 0 Å². The molecule has 0 bridgehead atoms. The molecule has 0 unspecified atom stereocenters. The zero-order valence-electron chi connectivity index (χ0n) is 12.3. The predicted molar refractivity (Wildman–Crippen MR) is 76.2 cm³/mol. The first-order valence-corrected chi connectivity index (χ1v) is 8.56. The second-order valence-corrected chi connectivity index (χ2v) is 8.49. The molecule has 0 aliphatic carbocycles.